The molecule has 4 aromatic rings. The van der Waals surface area contributed by atoms with Crippen LogP contribution in [0.3, 0.4) is 0 Å². The summed E-state index contributed by atoms with van der Waals surface area (Å²) in [7, 11) is -2.40. The number of ether oxygens (including phenoxy) is 1. The summed E-state index contributed by atoms with van der Waals surface area (Å²) in [5, 5.41) is 3.17. The summed E-state index contributed by atoms with van der Waals surface area (Å²) in [6.45, 7) is 2.59. The summed E-state index contributed by atoms with van der Waals surface area (Å²) in [5.74, 6) is 1.19. The van der Waals surface area contributed by atoms with Gasteiger partial charge in [0, 0.05) is 17.2 Å². The largest absolute Gasteiger partial charge is 0.495 e. The van der Waals surface area contributed by atoms with Gasteiger partial charge in [0.15, 0.2) is 5.58 Å². The van der Waals surface area contributed by atoms with Crippen LogP contribution in [0.4, 0.5) is 5.69 Å². The number of para-hydroxylation sites is 2. The minimum atomic E-state index is -3.87. The van der Waals surface area contributed by atoms with E-state index in [9.17, 15) is 13.2 Å². The lowest BCUT2D eigenvalue weighted by Crippen LogP contribution is -2.27. The molecule has 0 unspecified atom stereocenters. The first-order valence-corrected chi connectivity index (χ1v) is 14.4. The number of carbonyl (C=O) groups excluding carboxylic acids is 1. The summed E-state index contributed by atoms with van der Waals surface area (Å²) >= 11 is 2.83. The minimum Gasteiger partial charge on any atom is -0.495 e. The molecule has 0 fully saturated rings. The summed E-state index contributed by atoms with van der Waals surface area (Å²) < 4.78 is 39.2. The number of aromatic nitrogens is 1. The van der Waals surface area contributed by atoms with Gasteiger partial charge in [0.1, 0.15) is 11.3 Å². The van der Waals surface area contributed by atoms with Crippen LogP contribution in [0.25, 0.3) is 11.1 Å². The number of benzene rings is 3. The Morgan fingerprint density at radius 1 is 1.06 bits per heavy atom. The maximum Gasteiger partial charge on any atom is 0.262 e. The number of methoxy groups -OCH3 is 1. The molecule has 4 rings (SSSR count). The number of fused-ring (bicyclic) bond motifs is 1. The van der Waals surface area contributed by atoms with Crippen LogP contribution in [0.2, 0.25) is 0 Å². The number of thioether (sulfide) groups is 2. The fourth-order valence-electron chi connectivity index (χ4n) is 3.22. The van der Waals surface area contributed by atoms with Crippen LogP contribution in [-0.4, -0.2) is 44.5 Å². The van der Waals surface area contributed by atoms with Crippen LogP contribution in [0, 0.1) is 6.92 Å². The van der Waals surface area contributed by atoms with E-state index in [0.29, 0.717) is 34.3 Å². The predicted octanol–water partition coefficient (Wildman–Crippen LogP) is 4.95. The molecule has 1 amide bonds. The van der Waals surface area contributed by atoms with Crippen LogP contribution in [0.1, 0.15) is 5.56 Å². The zero-order valence-electron chi connectivity index (χ0n) is 19.7. The first kappa shape index (κ1) is 25.9. The normalized spacial score (nSPS) is 11.4. The van der Waals surface area contributed by atoms with Crippen molar-refractivity contribution in [3.8, 4) is 5.75 Å². The minimum absolute atomic E-state index is 0.0366. The molecule has 2 N–H and O–H groups in total. The maximum atomic E-state index is 12.9. The lowest BCUT2D eigenvalue weighted by molar-refractivity contribution is -0.118. The number of oxazole rings is 1. The van der Waals surface area contributed by atoms with Crippen molar-refractivity contribution in [1.29, 1.82) is 0 Å². The lowest BCUT2D eigenvalue weighted by atomic mass is 10.2. The Morgan fingerprint density at radius 2 is 1.83 bits per heavy atom. The molecule has 188 valence electrons. The van der Waals surface area contributed by atoms with Gasteiger partial charge in [-0.1, -0.05) is 41.6 Å². The number of nitrogens with one attached hydrogen (secondary N) is 2. The van der Waals surface area contributed by atoms with Crippen molar-refractivity contribution < 1.29 is 22.4 Å². The Balaban J connectivity index is 1.31. The van der Waals surface area contributed by atoms with E-state index >= 15 is 0 Å². The molecule has 1 aromatic heterocycles. The highest BCUT2D eigenvalue weighted by molar-refractivity contribution is 7.99. The van der Waals surface area contributed by atoms with Crippen molar-refractivity contribution in [2.45, 2.75) is 21.9 Å². The predicted molar refractivity (Wildman–Crippen MR) is 143 cm³/mol. The van der Waals surface area contributed by atoms with Crippen molar-refractivity contribution in [1.82, 2.24) is 10.3 Å². The van der Waals surface area contributed by atoms with Crippen LogP contribution < -0.4 is 14.8 Å². The standard InChI is InChI=1S/C25H25N3O5S3/c1-17-7-9-18(10-8-17)34-14-13-26-24(29)16-35-25-27-21-15-19(11-12-23(21)33-25)36(30,31)28-20-5-3-4-6-22(20)32-2/h3-12,15,28H,13-14,16H2,1-2H3,(H,26,29). The van der Waals surface area contributed by atoms with Crippen LogP contribution in [-0.2, 0) is 14.8 Å². The van der Waals surface area contributed by atoms with E-state index in [1.165, 1.54) is 24.8 Å². The third-order valence-electron chi connectivity index (χ3n) is 5.04. The number of rotatable bonds is 11. The van der Waals surface area contributed by atoms with Gasteiger partial charge in [-0.3, -0.25) is 9.52 Å². The van der Waals surface area contributed by atoms with E-state index in [4.69, 9.17) is 9.15 Å². The van der Waals surface area contributed by atoms with E-state index in [1.54, 1.807) is 42.1 Å². The van der Waals surface area contributed by atoms with Crippen LogP contribution in [0.15, 0.2) is 86.2 Å². The summed E-state index contributed by atoms with van der Waals surface area (Å²) in [6.07, 6.45) is 0. The van der Waals surface area contributed by atoms with E-state index in [-0.39, 0.29) is 16.6 Å². The van der Waals surface area contributed by atoms with E-state index in [0.717, 1.165) is 22.4 Å². The summed E-state index contributed by atoms with van der Waals surface area (Å²) in [6, 6.07) is 19.4. The fourth-order valence-corrected chi connectivity index (χ4v) is 5.75. The molecule has 11 heteroatoms. The Labute approximate surface area is 218 Å². The molecule has 0 aliphatic rings. The quantitative estimate of drug-likeness (QED) is 0.202. The highest BCUT2D eigenvalue weighted by Crippen LogP contribution is 2.29. The SMILES string of the molecule is COc1ccccc1NS(=O)(=O)c1ccc2oc(SCC(=O)NCCSc3ccc(C)cc3)nc2c1. The molecular formula is C25H25N3O5S3. The zero-order valence-corrected chi connectivity index (χ0v) is 22.1. The average molecular weight is 544 g/mol. The second kappa shape index (κ2) is 11.7. The van der Waals surface area contributed by atoms with Crippen LogP contribution >= 0.6 is 23.5 Å². The van der Waals surface area contributed by atoms with Crippen molar-refractivity contribution >= 4 is 56.2 Å². The molecule has 0 saturated carbocycles. The Morgan fingerprint density at radius 3 is 2.61 bits per heavy atom. The second-order valence-electron chi connectivity index (χ2n) is 7.72. The Hall–Kier alpha value is -3.15. The van der Waals surface area contributed by atoms with Crippen molar-refractivity contribution in [3.05, 3.63) is 72.3 Å². The molecule has 1 heterocycles. The number of amides is 1. The van der Waals surface area contributed by atoms with Gasteiger partial charge in [-0.05, 0) is 49.4 Å². The number of anilines is 1. The van der Waals surface area contributed by atoms with Gasteiger partial charge >= 0.3 is 0 Å². The first-order chi connectivity index (χ1) is 17.3. The third kappa shape index (κ3) is 6.74. The van der Waals surface area contributed by atoms with E-state index in [1.807, 2.05) is 6.92 Å². The highest BCUT2D eigenvalue weighted by atomic mass is 32.2. The topological polar surface area (TPSA) is 111 Å². The van der Waals surface area contributed by atoms with Gasteiger partial charge in [-0.15, -0.1) is 11.8 Å². The Kier molecular flexibility index (Phi) is 8.44. The number of carbonyl (C=O) groups is 1. The van der Waals surface area contributed by atoms with Gasteiger partial charge in [-0.2, -0.15) is 0 Å². The second-order valence-corrected chi connectivity index (χ2v) is 11.5. The van der Waals surface area contributed by atoms with Gasteiger partial charge in [0.05, 0.1) is 23.4 Å². The third-order valence-corrected chi connectivity index (χ3v) is 8.25. The number of sulfonamides is 1. The molecule has 0 radical (unpaired) electrons. The van der Waals surface area contributed by atoms with Gasteiger partial charge in [-0.25, -0.2) is 13.4 Å². The number of aryl methyl sites for hydroxylation is 1. The molecule has 0 saturated heterocycles. The van der Waals surface area contributed by atoms with Crippen LogP contribution in [0.5, 0.6) is 5.75 Å². The van der Waals surface area contributed by atoms with E-state index in [2.05, 4.69) is 39.3 Å². The molecular weight excluding hydrogens is 518 g/mol. The first-order valence-electron chi connectivity index (χ1n) is 11.0. The maximum absolute atomic E-state index is 12.9. The van der Waals surface area contributed by atoms with Crippen molar-refractivity contribution in [3.63, 3.8) is 0 Å². The Bertz CT molecular complexity index is 1450. The molecule has 0 aliphatic heterocycles. The monoisotopic (exact) mass is 543 g/mol. The van der Waals surface area contributed by atoms with Crippen molar-refractivity contribution in [2.75, 3.05) is 29.9 Å². The van der Waals surface area contributed by atoms with E-state index < -0.39 is 10.0 Å². The molecule has 0 spiro atoms. The smallest absolute Gasteiger partial charge is 0.262 e. The molecule has 3 aromatic carbocycles. The fraction of sp³-hybridized carbons (Fsp3) is 0.200. The van der Waals surface area contributed by atoms with Gasteiger partial charge in [0.2, 0.25) is 5.91 Å². The van der Waals surface area contributed by atoms with Gasteiger partial charge in [0.25, 0.3) is 15.2 Å². The lowest BCUT2D eigenvalue weighted by Gasteiger charge is -2.11. The molecule has 36 heavy (non-hydrogen) atoms. The highest BCUT2D eigenvalue weighted by Gasteiger charge is 2.19. The molecule has 0 atom stereocenters. The average Bonchev–Trinajstić information content (AvgIpc) is 3.29. The zero-order chi connectivity index (χ0) is 25.5. The molecule has 0 aliphatic carbocycles. The van der Waals surface area contributed by atoms with Crippen molar-refractivity contribution in [2.24, 2.45) is 0 Å². The number of hydrogen-bond donors (Lipinski definition) is 2. The molecule has 8 nitrogen and oxygen atoms in total. The molecule has 0 bridgehead atoms. The summed E-state index contributed by atoms with van der Waals surface area (Å²) in [5.41, 5.74) is 2.37. The summed E-state index contributed by atoms with van der Waals surface area (Å²) in [4.78, 5) is 17.7. The number of hydrogen-bond acceptors (Lipinski definition) is 8. The van der Waals surface area contributed by atoms with Gasteiger partial charge < -0.3 is 14.5 Å². The number of nitrogens with zero attached hydrogens (tertiary/aromatic N) is 1.